The summed E-state index contributed by atoms with van der Waals surface area (Å²) in [6.45, 7) is 2.47. The molecular weight excluding hydrogens is 138 g/mol. The van der Waals surface area contributed by atoms with Crippen LogP contribution >= 0.6 is 0 Å². The zero-order valence-electron chi connectivity index (χ0n) is 7.01. The summed E-state index contributed by atoms with van der Waals surface area (Å²) in [5.74, 6) is 0. The van der Waals surface area contributed by atoms with Crippen LogP contribution in [0.15, 0.2) is 11.6 Å². The van der Waals surface area contributed by atoms with Crippen LogP contribution in [0.25, 0.3) is 0 Å². The Balaban J connectivity index is 1.69. The Morgan fingerprint density at radius 3 is 2.73 bits per heavy atom. The third kappa shape index (κ3) is 4.99. The minimum absolute atomic E-state index is 0.741. The molecule has 0 bridgehead atoms. The fraction of sp³-hybridized carbons (Fsp3) is 0.778. The van der Waals surface area contributed by atoms with E-state index in [4.69, 9.17) is 10.5 Å². The van der Waals surface area contributed by atoms with Gasteiger partial charge in [-0.3, -0.25) is 0 Å². The van der Waals surface area contributed by atoms with Crippen molar-refractivity contribution in [3.8, 4) is 0 Å². The van der Waals surface area contributed by atoms with Gasteiger partial charge in [-0.05, 0) is 32.2 Å². The molecule has 0 spiro atoms. The Bertz CT molecular complexity index is 132. The van der Waals surface area contributed by atoms with Crippen molar-refractivity contribution < 1.29 is 4.74 Å². The first-order valence-corrected chi connectivity index (χ1v) is 4.39. The maximum absolute atomic E-state index is 5.35. The van der Waals surface area contributed by atoms with Crippen LogP contribution in [0.1, 0.15) is 25.7 Å². The summed E-state index contributed by atoms with van der Waals surface area (Å²) >= 11 is 0. The average molecular weight is 155 g/mol. The van der Waals surface area contributed by atoms with Crippen LogP contribution < -0.4 is 5.73 Å². The highest BCUT2D eigenvalue weighted by Gasteiger charge is 2.05. The van der Waals surface area contributed by atoms with Crippen LogP contribution in [0.4, 0.5) is 0 Å². The van der Waals surface area contributed by atoms with Gasteiger partial charge in [0.05, 0.1) is 0 Å². The van der Waals surface area contributed by atoms with Gasteiger partial charge in [0.1, 0.15) is 0 Å². The molecule has 1 aliphatic rings. The van der Waals surface area contributed by atoms with Crippen molar-refractivity contribution in [2.24, 2.45) is 5.73 Å². The van der Waals surface area contributed by atoms with Crippen LogP contribution in [-0.4, -0.2) is 19.8 Å². The van der Waals surface area contributed by atoms with Gasteiger partial charge in [-0.25, -0.2) is 0 Å². The Morgan fingerprint density at radius 1 is 1.36 bits per heavy atom. The summed E-state index contributed by atoms with van der Waals surface area (Å²) in [6.07, 6.45) is 6.93. The minimum Gasteiger partial charge on any atom is -0.381 e. The lowest BCUT2D eigenvalue weighted by Crippen LogP contribution is -2.04. The molecule has 11 heavy (non-hydrogen) atoms. The third-order valence-electron chi connectivity index (χ3n) is 1.77. The molecule has 0 fully saturated rings. The Labute approximate surface area is 68.4 Å². The number of allylic oxidation sites excluding steroid dienone is 2. The van der Waals surface area contributed by atoms with E-state index >= 15 is 0 Å². The first kappa shape index (κ1) is 8.75. The van der Waals surface area contributed by atoms with E-state index in [0.717, 1.165) is 26.2 Å². The Morgan fingerprint density at radius 2 is 2.09 bits per heavy atom. The summed E-state index contributed by atoms with van der Waals surface area (Å²) < 4.78 is 5.35. The van der Waals surface area contributed by atoms with Gasteiger partial charge in [0.2, 0.25) is 0 Å². The van der Waals surface area contributed by atoms with Crippen LogP contribution in [0.3, 0.4) is 0 Å². The van der Waals surface area contributed by atoms with Crippen molar-refractivity contribution in [3.05, 3.63) is 11.6 Å². The predicted octanol–water partition coefficient (Wildman–Crippen LogP) is 1.46. The van der Waals surface area contributed by atoms with Crippen LogP contribution in [0.5, 0.6) is 0 Å². The van der Waals surface area contributed by atoms with Gasteiger partial charge in [-0.2, -0.15) is 0 Å². The Hall–Kier alpha value is -0.340. The SMILES string of the molecule is NCCCOCCCC1=CC1. The molecule has 0 radical (unpaired) electrons. The molecule has 0 amide bonds. The third-order valence-corrected chi connectivity index (χ3v) is 1.77. The van der Waals surface area contributed by atoms with Gasteiger partial charge in [0.25, 0.3) is 0 Å². The van der Waals surface area contributed by atoms with E-state index in [1.807, 2.05) is 0 Å². The lowest BCUT2D eigenvalue weighted by Gasteiger charge is -2.00. The molecular formula is C9H17NO. The summed E-state index contributed by atoms with van der Waals surface area (Å²) in [5, 5.41) is 0. The van der Waals surface area contributed by atoms with E-state index in [1.54, 1.807) is 5.57 Å². The lowest BCUT2D eigenvalue weighted by atomic mass is 10.3. The second-order valence-corrected chi connectivity index (χ2v) is 2.92. The highest BCUT2D eigenvalue weighted by molar-refractivity contribution is 5.21. The minimum atomic E-state index is 0.741. The zero-order valence-corrected chi connectivity index (χ0v) is 7.01. The Kier molecular flexibility index (Phi) is 4.24. The van der Waals surface area contributed by atoms with E-state index in [9.17, 15) is 0 Å². The molecule has 1 rings (SSSR count). The largest absolute Gasteiger partial charge is 0.381 e. The molecule has 0 unspecified atom stereocenters. The molecule has 0 aliphatic heterocycles. The van der Waals surface area contributed by atoms with Crippen molar-refractivity contribution in [2.45, 2.75) is 25.7 Å². The number of hydrogen-bond donors (Lipinski definition) is 1. The molecule has 0 atom stereocenters. The molecule has 0 aromatic heterocycles. The maximum atomic E-state index is 5.35. The second kappa shape index (κ2) is 5.33. The number of hydrogen-bond acceptors (Lipinski definition) is 2. The van der Waals surface area contributed by atoms with Gasteiger partial charge < -0.3 is 10.5 Å². The van der Waals surface area contributed by atoms with Gasteiger partial charge in [-0.15, -0.1) is 0 Å². The standard InChI is InChI=1S/C9H17NO/c10-6-2-8-11-7-1-3-9-4-5-9/h4H,1-3,5-8,10H2. The molecule has 2 N–H and O–H groups in total. The zero-order chi connectivity index (χ0) is 7.94. The molecule has 2 heteroatoms. The fourth-order valence-electron chi connectivity index (χ4n) is 0.965. The van der Waals surface area contributed by atoms with Crippen LogP contribution in [0.2, 0.25) is 0 Å². The highest BCUT2D eigenvalue weighted by Crippen LogP contribution is 2.23. The van der Waals surface area contributed by atoms with Crippen LogP contribution in [-0.2, 0) is 4.74 Å². The van der Waals surface area contributed by atoms with E-state index in [2.05, 4.69) is 6.08 Å². The molecule has 0 aromatic rings. The number of nitrogens with two attached hydrogens (primary N) is 1. The van der Waals surface area contributed by atoms with Gasteiger partial charge in [0, 0.05) is 13.2 Å². The number of rotatable bonds is 7. The van der Waals surface area contributed by atoms with E-state index in [0.29, 0.717) is 0 Å². The monoisotopic (exact) mass is 155 g/mol. The predicted molar refractivity (Wildman–Crippen MR) is 46.4 cm³/mol. The summed E-state index contributed by atoms with van der Waals surface area (Å²) in [6, 6.07) is 0. The lowest BCUT2D eigenvalue weighted by molar-refractivity contribution is 0.131. The highest BCUT2D eigenvalue weighted by atomic mass is 16.5. The molecule has 0 saturated carbocycles. The maximum Gasteiger partial charge on any atom is 0.0478 e. The van der Waals surface area contributed by atoms with Gasteiger partial charge in [-0.1, -0.05) is 11.6 Å². The van der Waals surface area contributed by atoms with Crippen molar-refractivity contribution in [1.29, 1.82) is 0 Å². The topological polar surface area (TPSA) is 35.2 Å². The quantitative estimate of drug-likeness (QED) is 0.446. The van der Waals surface area contributed by atoms with E-state index in [1.165, 1.54) is 19.3 Å². The second-order valence-electron chi connectivity index (χ2n) is 2.92. The van der Waals surface area contributed by atoms with Crippen LogP contribution in [0, 0.1) is 0 Å². The first-order valence-electron chi connectivity index (χ1n) is 4.39. The van der Waals surface area contributed by atoms with Crippen molar-refractivity contribution in [3.63, 3.8) is 0 Å². The van der Waals surface area contributed by atoms with Gasteiger partial charge in [0.15, 0.2) is 0 Å². The number of ether oxygens (including phenoxy) is 1. The molecule has 0 heterocycles. The molecule has 64 valence electrons. The summed E-state index contributed by atoms with van der Waals surface area (Å²) in [7, 11) is 0. The van der Waals surface area contributed by atoms with E-state index in [-0.39, 0.29) is 0 Å². The summed E-state index contributed by atoms with van der Waals surface area (Å²) in [4.78, 5) is 0. The van der Waals surface area contributed by atoms with Gasteiger partial charge >= 0.3 is 0 Å². The molecule has 0 saturated heterocycles. The van der Waals surface area contributed by atoms with Crippen molar-refractivity contribution in [2.75, 3.05) is 19.8 Å². The van der Waals surface area contributed by atoms with Crippen molar-refractivity contribution >= 4 is 0 Å². The molecule has 1 aliphatic carbocycles. The molecule has 2 nitrogen and oxygen atoms in total. The van der Waals surface area contributed by atoms with Crippen molar-refractivity contribution in [1.82, 2.24) is 0 Å². The molecule has 0 aromatic carbocycles. The summed E-state index contributed by atoms with van der Waals surface area (Å²) in [5.41, 5.74) is 6.92. The average Bonchev–Trinajstić information content (AvgIpc) is 2.80. The normalized spacial score (nSPS) is 14.8. The first-order chi connectivity index (χ1) is 5.43. The smallest absolute Gasteiger partial charge is 0.0478 e. The van der Waals surface area contributed by atoms with E-state index < -0.39 is 0 Å². The fourth-order valence-corrected chi connectivity index (χ4v) is 0.965.